The number of rotatable bonds is 3. The second kappa shape index (κ2) is 6.96. The highest BCUT2D eigenvalue weighted by Gasteiger charge is 2.12. The molecule has 0 amide bonds. The zero-order chi connectivity index (χ0) is 13.9. The number of benzene rings is 2. The molecule has 4 heteroatoms. The van der Waals surface area contributed by atoms with Crippen molar-refractivity contribution in [1.29, 1.82) is 0 Å². The van der Waals surface area contributed by atoms with Crippen molar-refractivity contribution in [2.75, 3.05) is 0 Å². The number of hydrogen-bond acceptors (Lipinski definition) is 1. The summed E-state index contributed by atoms with van der Waals surface area (Å²) in [4.78, 5) is 12.3. The van der Waals surface area contributed by atoms with E-state index >= 15 is 0 Å². The molecule has 0 bridgehead atoms. The van der Waals surface area contributed by atoms with Crippen LogP contribution in [0, 0.1) is 0 Å². The average Bonchev–Trinajstić information content (AvgIpc) is 2.47. The summed E-state index contributed by atoms with van der Waals surface area (Å²) < 4.78 is 2.85. The highest BCUT2D eigenvalue weighted by atomic mass is 79.9. The van der Waals surface area contributed by atoms with E-state index in [0.29, 0.717) is 6.54 Å². The SMILES string of the molecule is Br.O=C(C[n+]1ccc2ccccc2c1)c1cccc(Br)c1. The van der Waals surface area contributed by atoms with E-state index in [1.807, 2.05) is 59.4 Å². The topological polar surface area (TPSA) is 20.9 Å². The molecule has 0 aliphatic rings. The molecule has 0 aliphatic heterocycles. The minimum absolute atomic E-state index is 0. The third kappa shape index (κ3) is 3.77. The highest BCUT2D eigenvalue weighted by molar-refractivity contribution is 9.10. The second-order valence-corrected chi connectivity index (χ2v) is 5.60. The summed E-state index contributed by atoms with van der Waals surface area (Å²) in [7, 11) is 0. The van der Waals surface area contributed by atoms with Crippen molar-refractivity contribution in [3.8, 4) is 0 Å². The number of ketones is 1. The lowest BCUT2D eigenvalue weighted by Crippen LogP contribution is -2.37. The van der Waals surface area contributed by atoms with Gasteiger partial charge in [-0.3, -0.25) is 4.79 Å². The number of nitrogens with zero attached hydrogens (tertiary/aromatic N) is 1. The minimum Gasteiger partial charge on any atom is -0.287 e. The van der Waals surface area contributed by atoms with Gasteiger partial charge in [0.15, 0.2) is 12.4 Å². The standard InChI is InChI=1S/C17H13BrNO.BrH/c18-16-7-3-6-14(10-16)17(20)12-19-9-8-13-4-1-2-5-15(13)11-19;/h1-11H,12H2;1H/q+1;. The van der Waals surface area contributed by atoms with Gasteiger partial charge in [-0.1, -0.05) is 46.3 Å². The Balaban J connectivity index is 0.00000161. The quantitative estimate of drug-likeness (QED) is 0.467. The Morgan fingerprint density at radius 1 is 1.00 bits per heavy atom. The summed E-state index contributed by atoms with van der Waals surface area (Å²) in [6, 6.07) is 17.7. The molecule has 1 heterocycles. The second-order valence-electron chi connectivity index (χ2n) is 4.68. The number of halogens is 2. The van der Waals surface area contributed by atoms with Gasteiger partial charge in [0, 0.05) is 21.5 Å². The Kier molecular flexibility index (Phi) is 5.26. The molecule has 1 aromatic heterocycles. The van der Waals surface area contributed by atoms with Crippen LogP contribution >= 0.6 is 32.9 Å². The van der Waals surface area contributed by atoms with Crippen LogP contribution in [0.4, 0.5) is 0 Å². The van der Waals surface area contributed by atoms with Gasteiger partial charge in [-0.15, -0.1) is 17.0 Å². The Bertz CT molecular complexity index is 786. The Morgan fingerprint density at radius 2 is 1.76 bits per heavy atom. The van der Waals surface area contributed by atoms with Gasteiger partial charge in [-0.05, 0) is 23.6 Å². The van der Waals surface area contributed by atoms with E-state index in [0.717, 1.165) is 15.4 Å². The Labute approximate surface area is 142 Å². The Hall–Kier alpha value is -1.52. The molecule has 0 atom stereocenters. The lowest BCUT2D eigenvalue weighted by Gasteiger charge is -2.00. The molecule has 0 unspecified atom stereocenters. The number of carbonyl (C=O) groups excluding carboxylic acids is 1. The van der Waals surface area contributed by atoms with Crippen LogP contribution in [0.1, 0.15) is 10.4 Å². The van der Waals surface area contributed by atoms with Crippen molar-refractivity contribution < 1.29 is 9.36 Å². The average molecular weight is 408 g/mol. The molecule has 2 nitrogen and oxygen atoms in total. The molecule has 106 valence electrons. The smallest absolute Gasteiger partial charge is 0.227 e. The van der Waals surface area contributed by atoms with E-state index in [1.54, 1.807) is 0 Å². The van der Waals surface area contributed by atoms with Crippen LogP contribution in [0.2, 0.25) is 0 Å². The van der Waals surface area contributed by atoms with Crippen molar-refractivity contribution in [3.63, 3.8) is 0 Å². The van der Waals surface area contributed by atoms with E-state index in [1.165, 1.54) is 5.39 Å². The highest BCUT2D eigenvalue weighted by Crippen LogP contribution is 2.13. The third-order valence-electron chi connectivity index (χ3n) is 3.22. The maximum absolute atomic E-state index is 12.3. The summed E-state index contributed by atoms with van der Waals surface area (Å²) in [6.45, 7) is 0.348. The van der Waals surface area contributed by atoms with Crippen molar-refractivity contribution in [1.82, 2.24) is 0 Å². The lowest BCUT2D eigenvalue weighted by molar-refractivity contribution is -0.681. The van der Waals surface area contributed by atoms with E-state index in [4.69, 9.17) is 0 Å². The summed E-state index contributed by atoms with van der Waals surface area (Å²) >= 11 is 3.39. The van der Waals surface area contributed by atoms with Gasteiger partial charge in [-0.25, -0.2) is 0 Å². The van der Waals surface area contributed by atoms with Gasteiger partial charge in [-0.2, -0.15) is 4.57 Å². The largest absolute Gasteiger partial charge is 0.287 e. The number of Topliss-reactive ketones (excluding diaryl/α,β-unsaturated/α-hetero) is 1. The fourth-order valence-electron chi connectivity index (χ4n) is 2.20. The number of aromatic nitrogens is 1. The van der Waals surface area contributed by atoms with Crippen molar-refractivity contribution in [2.45, 2.75) is 6.54 Å². The summed E-state index contributed by atoms with van der Waals surface area (Å²) in [6.07, 6.45) is 3.95. The molecule has 3 rings (SSSR count). The van der Waals surface area contributed by atoms with Gasteiger partial charge in [0.05, 0.1) is 0 Å². The number of carbonyl (C=O) groups is 1. The summed E-state index contributed by atoms with van der Waals surface area (Å²) in [5, 5.41) is 2.32. The molecule has 0 fully saturated rings. The van der Waals surface area contributed by atoms with Gasteiger partial charge >= 0.3 is 0 Å². The molecule has 0 radical (unpaired) electrons. The molecule has 0 N–H and O–H groups in total. The molecule has 21 heavy (non-hydrogen) atoms. The zero-order valence-corrected chi connectivity index (χ0v) is 14.5. The Morgan fingerprint density at radius 3 is 2.52 bits per heavy atom. The van der Waals surface area contributed by atoms with Gasteiger partial charge in [0.1, 0.15) is 0 Å². The number of hydrogen-bond donors (Lipinski definition) is 0. The van der Waals surface area contributed by atoms with Crippen molar-refractivity contribution >= 4 is 49.5 Å². The van der Waals surface area contributed by atoms with Crippen LogP contribution in [-0.2, 0) is 6.54 Å². The molecular weight excluding hydrogens is 394 g/mol. The third-order valence-corrected chi connectivity index (χ3v) is 3.71. The van der Waals surface area contributed by atoms with Crippen molar-refractivity contribution in [2.24, 2.45) is 0 Å². The maximum Gasteiger partial charge on any atom is 0.227 e. The molecule has 0 spiro atoms. The summed E-state index contributed by atoms with van der Waals surface area (Å²) in [5.41, 5.74) is 0.722. The van der Waals surface area contributed by atoms with E-state index in [-0.39, 0.29) is 22.8 Å². The maximum atomic E-state index is 12.3. The van der Waals surface area contributed by atoms with E-state index < -0.39 is 0 Å². The first-order valence-electron chi connectivity index (χ1n) is 6.39. The predicted octanol–water partition coefficient (Wildman–Crippen LogP) is 4.35. The van der Waals surface area contributed by atoms with Crippen LogP contribution in [-0.4, -0.2) is 5.78 Å². The molecule has 0 saturated heterocycles. The predicted molar refractivity (Wildman–Crippen MR) is 92.9 cm³/mol. The first-order valence-corrected chi connectivity index (χ1v) is 7.18. The fourth-order valence-corrected chi connectivity index (χ4v) is 2.59. The first-order chi connectivity index (χ1) is 9.72. The monoisotopic (exact) mass is 406 g/mol. The molecular formula is C17H14Br2NO+. The van der Waals surface area contributed by atoms with Crippen LogP contribution in [0.3, 0.4) is 0 Å². The molecule has 0 aliphatic carbocycles. The van der Waals surface area contributed by atoms with Crippen LogP contribution in [0.15, 0.2) is 71.5 Å². The van der Waals surface area contributed by atoms with Gasteiger partial charge in [0.2, 0.25) is 12.3 Å². The molecule has 0 saturated carbocycles. The van der Waals surface area contributed by atoms with Gasteiger partial charge < -0.3 is 0 Å². The van der Waals surface area contributed by atoms with Gasteiger partial charge in [0.25, 0.3) is 0 Å². The molecule has 3 aromatic rings. The van der Waals surface area contributed by atoms with Crippen molar-refractivity contribution in [3.05, 3.63) is 77.0 Å². The van der Waals surface area contributed by atoms with Crippen LogP contribution in [0.25, 0.3) is 10.8 Å². The number of fused-ring (bicyclic) bond motifs is 1. The zero-order valence-electron chi connectivity index (χ0n) is 11.2. The first kappa shape index (κ1) is 15.9. The normalized spacial score (nSPS) is 10.1. The van der Waals surface area contributed by atoms with Crippen LogP contribution < -0.4 is 4.57 Å². The molecule has 2 aromatic carbocycles. The summed E-state index contributed by atoms with van der Waals surface area (Å²) in [5.74, 6) is 0.103. The van der Waals surface area contributed by atoms with E-state index in [2.05, 4.69) is 28.1 Å². The van der Waals surface area contributed by atoms with E-state index in [9.17, 15) is 4.79 Å². The number of pyridine rings is 1. The fraction of sp³-hybridized carbons (Fsp3) is 0.0588. The lowest BCUT2D eigenvalue weighted by atomic mass is 10.1. The minimum atomic E-state index is 0. The van der Waals surface area contributed by atoms with Crippen LogP contribution in [0.5, 0.6) is 0 Å².